The Hall–Kier alpha value is -3.15. The van der Waals surface area contributed by atoms with Crippen LogP contribution in [-0.4, -0.2) is 40.1 Å². The topological polar surface area (TPSA) is 68.5 Å². The summed E-state index contributed by atoms with van der Waals surface area (Å²) in [6.07, 6.45) is 5.84. The second-order valence-corrected chi connectivity index (χ2v) is 7.50. The molecule has 0 aliphatic carbocycles. The molecule has 1 amide bonds. The molecule has 1 aromatic carbocycles. The summed E-state index contributed by atoms with van der Waals surface area (Å²) in [4.78, 5) is 18.7. The minimum absolute atomic E-state index is 0.0975. The van der Waals surface area contributed by atoms with Crippen molar-refractivity contribution in [3.63, 3.8) is 0 Å². The summed E-state index contributed by atoms with van der Waals surface area (Å²) in [7, 11) is 0. The average molecular weight is 391 g/mol. The molecule has 3 aromatic rings. The molecule has 1 atom stereocenters. The molecule has 150 valence electrons. The van der Waals surface area contributed by atoms with Crippen LogP contribution in [0.5, 0.6) is 5.75 Å². The number of rotatable bonds is 6. The maximum Gasteiger partial charge on any atom is 0.292 e. The van der Waals surface area contributed by atoms with Crippen molar-refractivity contribution in [3.8, 4) is 5.75 Å². The van der Waals surface area contributed by atoms with E-state index in [1.165, 1.54) is 5.56 Å². The molecule has 6 heteroatoms. The largest absolute Gasteiger partial charge is 0.489 e. The van der Waals surface area contributed by atoms with Gasteiger partial charge in [-0.1, -0.05) is 42.4 Å². The van der Waals surface area contributed by atoms with Gasteiger partial charge in [0.25, 0.3) is 5.91 Å². The molecule has 0 saturated carbocycles. The molecule has 1 aliphatic rings. The van der Waals surface area contributed by atoms with E-state index >= 15 is 0 Å². The number of piperidine rings is 1. The highest BCUT2D eigenvalue weighted by atomic mass is 16.5. The Morgan fingerprint density at radius 2 is 2.00 bits per heavy atom. The third-order valence-electron chi connectivity index (χ3n) is 5.32. The number of benzene rings is 1. The van der Waals surface area contributed by atoms with Crippen molar-refractivity contribution < 1.29 is 14.1 Å². The van der Waals surface area contributed by atoms with Crippen molar-refractivity contribution in [1.29, 1.82) is 0 Å². The summed E-state index contributed by atoms with van der Waals surface area (Å²) >= 11 is 0. The number of nitrogens with zero attached hydrogens (tertiary/aromatic N) is 3. The summed E-state index contributed by atoms with van der Waals surface area (Å²) in [5.74, 6) is 1.29. The summed E-state index contributed by atoms with van der Waals surface area (Å²) in [5, 5.41) is 4.11. The number of pyridine rings is 1. The van der Waals surface area contributed by atoms with Crippen molar-refractivity contribution >= 4 is 5.91 Å². The molecule has 3 heterocycles. The van der Waals surface area contributed by atoms with Crippen LogP contribution in [0.4, 0.5) is 0 Å². The molecule has 1 unspecified atom stereocenters. The zero-order valence-electron chi connectivity index (χ0n) is 16.5. The van der Waals surface area contributed by atoms with Gasteiger partial charge in [0.05, 0.1) is 11.9 Å². The van der Waals surface area contributed by atoms with E-state index in [0.717, 1.165) is 30.7 Å². The van der Waals surface area contributed by atoms with E-state index in [-0.39, 0.29) is 12.0 Å². The molecule has 29 heavy (non-hydrogen) atoms. The van der Waals surface area contributed by atoms with Gasteiger partial charge in [0, 0.05) is 38.2 Å². The zero-order chi connectivity index (χ0) is 20.1. The van der Waals surface area contributed by atoms with Crippen molar-refractivity contribution in [3.05, 3.63) is 77.9 Å². The smallest absolute Gasteiger partial charge is 0.292 e. The lowest BCUT2D eigenvalue weighted by atomic mass is 9.96. The molecule has 1 aliphatic heterocycles. The van der Waals surface area contributed by atoms with Gasteiger partial charge in [-0.05, 0) is 30.0 Å². The van der Waals surface area contributed by atoms with E-state index in [1.54, 1.807) is 18.5 Å². The third-order valence-corrected chi connectivity index (χ3v) is 5.32. The van der Waals surface area contributed by atoms with E-state index in [9.17, 15) is 4.79 Å². The Bertz CT molecular complexity index is 919. The lowest BCUT2D eigenvalue weighted by molar-refractivity contribution is 0.0557. The fourth-order valence-electron chi connectivity index (χ4n) is 3.66. The predicted molar refractivity (Wildman–Crippen MR) is 109 cm³/mol. The fourth-order valence-corrected chi connectivity index (χ4v) is 3.66. The van der Waals surface area contributed by atoms with E-state index in [4.69, 9.17) is 9.26 Å². The van der Waals surface area contributed by atoms with Crippen LogP contribution in [0.2, 0.25) is 0 Å². The molecule has 1 fully saturated rings. The van der Waals surface area contributed by atoms with Gasteiger partial charge in [0.15, 0.2) is 0 Å². The van der Waals surface area contributed by atoms with Crippen molar-refractivity contribution in [1.82, 2.24) is 15.0 Å². The second kappa shape index (κ2) is 8.90. The van der Waals surface area contributed by atoms with Gasteiger partial charge < -0.3 is 14.2 Å². The van der Waals surface area contributed by atoms with Crippen LogP contribution in [0.25, 0.3) is 0 Å². The van der Waals surface area contributed by atoms with Gasteiger partial charge in [-0.15, -0.1) is 0 Å². The van der Waals surface area contributed by atoms with Gasteiger partial charge in [-0.3, -0.25) is 9.78 Å². The van der Waals surface area contributed by atoms with Crippen LogP contribution in [0.3, 0.4) is 0 Å². The molecular weight excluding hydrogens is 366 g/mol. The lowest BCUT2D eigenvalue weighted by Crippen LogP contribution is -2.41. The quantitative estimate of drug-likeness (QED) is 0.633. The van der Waals surface area contributed by atoms with Crippen molar-refractivity contribution in [2.75, 3.05) is 13.1 Å². The van der Waals surface area contributed by atoms with Crippen LogP contribution in [-0.2, 0) is 6.42 Å². The maximum atomic E-state index is 12.8. The molecule has 6 nitrogen and oxygen atoms in total. The summed E-state index contributed by atoms with van der Waals surface area (Å²) in [6, 6.07) is 15.8. The first-order valence-electron chi connectivity index (χ1n) is 10.1. The Morgan fingerprint density at radius 3 is 2.72 bits per heavy atom. The summed E-state index contributed by atoms with van der Waals surface area (Å²) in [5.41, 5.74) is 2.05. The number of carbonyl (C=O) groups is 1. The molecule has 2 aromatic heterocycles. The highest BCUT2D eigenvalue weighted by Gasteiger charge is 2.27. The second-order valence-electron chi connectivity index (χ2n) is 7.50. The normalized spacial score (nSPS) is 15.8. The highest BCUT2D eigenvalue weighted by molar-refractivity contribution is 5.91. The highest BCUT2D eigenvalue weighted by Crippen LogP contribution is 2.22. The monoisotopic (exact) mass is 391 g/mol. The third kappa shape index (κ3) is 4.83. The first kappa shape index (κ1) is 19.2. The number of aromatic nitrogens is 2. The molecule has 0 N–H and O–H groups in total. The zero-order valence-corrected chi connectivity index (χ0v) is 16.5. The minimum atomic E-state index is -0.101. The number of carbonyl (C=O) groups excluding carboxylic acids is 1. The lowest BCUT2D eigenvalue weighted by Gasteiger charge is -2.31. The Balaban J connectivity index is 1.30. The van der Waals surface area contributed by atoms with Gasteiger partial charge >= 0.3 is 0 Å². The van der Waals surface area contributed by atoms with Gasteiger partial charge in [-0.2, -0.15) is 0 Å². The standard InChI is InChI=1S/C23H25N3O3/c1-17(18-6-3-2-4-7-18)14-19-15-22(29-25-19)23(27)26-12-9-20(10-13-26)28-21-8-5-11-24-16-21/h2-8,11,15-17,20H,9-10,12-14H2,1H3. The number of amides is 1. The minimum Gasteiger partial charge on any atom is -0.489 e. The van der Waals surface area contributed by atoms with E-state index in [0.29, 0.717) is 24.8 Å². The predicted octanol–water partition coefficient (Wildman–Crippen LogP) is 4.10. The first-order chi connectivity index (χ1) is 14.2. The van der Waals surface area contributed by atoms with Gasteiger partial charge in [0.2, 0.25) is 5.76 Å². The van der Waals surface area contributed by atoms with Crippen LogP contribution < -0.4 is 4.74 Å². The number of ether oxygens (including phenoxy) is 1. The number of likely N-dealkylation sites (tertiary alicyclic amines) is 1. The average Bonchev–Trinajstić information content (AvgIpc) is 3.23. The van der Waals surface area contributed by atoms with Crippen LogP contribution >= 0.6 is 0 Å². The number of hydrogen-bond donors (Lipinski definition) is 0. The summed E-state index contributed by atoms with van der Waals surface area (Å²) in [6.45, 7) is 3.43. The van der Waals surface area contributed by atoms with Crippen LogP contribution in [0, 0.1) is 0 Å². The number of hydrogen-bond acceptors (Lipinski definition) is 5. The molecule has 0 spiro atoms. The van der Waals surface area contributed by atoms with Gasteiger partial charge in [0.1, 0.15) is 11.9 Å². The molecule has 0 bridgehead atoms. The van der Waals surface area contributed by atoms with Crippen LogP contribution in [0.15, 0.2) is 65.4 Å². The van der Waals surface area contributed by atoms with Gasteiger partial charge in [-0.25, -0.2) is 0 Å². The fraction of sp³-hybridized carbons (Fsp3) is 0.348. The van der Waals surface area contributed by atoms with E-state index in [1.807, 2.05) is 35.2 Å². The Kier molecular flexibility index (Phi) is 5.89. The SMILES string of the molecule is CC(Cc1cc(C(=O)N2CCC(Oc3cccnc3)CC2)on1)c1ccccc1. The molecular formula is C23H25N3O3. The Labute approximate surface area is 170 Å². The van der Waals surface area contributed by atoms with Crippen molar-refractivity contribution in [2.45, 2.75) is 38.2 Å². The summed E-state index contributed by atoms with van der Waals surface area (Å²) < 4.78 is 11.3. The molecule has 0 radical (unpaired) electrons. The van der Waals surface area contributed by atoms with Crippen molar-refractivity contribution in [2.24, 2.45) is 0 Å². The first-order valence-corrected chi connectivity index (χ1v) is 10.1. The molecule has 4 rings (SSSR count). The van der Waals surface area contributed by atoms with E-state index < -0.39 is 0 Å². The maximum absolute atomic E-state index is 12.8. The van der Waals surface area contributed by atoms with E-state index in [2.05, 4.69) is 29.2 Å². The Morgan fingerprint density at radius 1 is 1.21 bits per heavy atom. The molecule has 1 saturated heterocycles. The van der Waals surface area contributed by atoms with Crippen LogP contribution in [0.1, 0.15) is 47.5 Å².